The number of carbonyl (C=O) groups is 2. The van der Waals surface area contributed by atoms with Crippen LogP contribution in [0.3, 0.4) is 0 Å². The van der Waals surface area contributed by atoms with Gasteiger partial charge in [0.1, 0.15) is 0 Å². The molecule has 26 heavy (non-hydrogen) atoms. The Hall–Kier alpha value is -1.83. The van der Waals surface area contributed by atoms with Crippen molar-refractivity contribution in [3.63, 3.8) is 0 Å². The molecule has 8 heteroatoms. The zero-order valence-electron chi connectivity index (χ0n) is 16.3. The molecule has 0 aromatic rings. The number of hydrogen-bond donors (Lipinski definition) is 6. The summed E-state index contributed by atoms with van der Waals surface area (Å²) < 4.78 is 0. The lowest BCUT2D eigenvalue weighted by Crippen LogP contribution is -2.64. The second-order valence-electron chi connectivity index (χ2n) is 6.85. The number of nitrogens with one attached hydrogen (secondary N) is 4. The van der Waals surface area contributed by atoms with Gasteiger partial charge in [-0.1, -0.05) is 64.7 Å². The molecule has 0 aromatic carbocycles. The van der Waals surface area contributed by atoms with Crippen molar-refractivity contribution in [2.24, 2.45) is 5.73 Å². The highest BCUT2D eigenvalue weighted by Gasteiger charge is 2.32. The van der Waals surface area contributed by atoms with Crippen LogP contribution < -0.4 is 21.7 Å². The van der Waals surface area contributed by atoms with Crippen LogP contribution in [0.2, 0.25) is 0 Å². The molecule has 0 rings (SSSR count). The third kappa shape index (κ3) is 12.5. The van der Waals surface area contributed by atoms with Crippen molar-refractivity contribution < 1.29 is 14.7 Å². The predicted octanol–water partition coefficient (Wildman–Crippen LogP) is 2.24. The summed E-state index contributed by atoms with van der Waals surface area (Å²) in [5.41, 5.74) is 3.57. The molecule has 0 heterocycles. The van der Waals surface area contributed by atoms with Gasteiger partial charge in [0.15, 0.2) is 11.6 Å². The molecule has 1 amide bonds. The van der Waals surface area contributed by atoms with E-state index in [0.29, 0.717) is 6.42 Å². The zero-order chi connectivity index (χ0) is 19.8. The summed E-state index contributed by atoms with van der Waals surface area (Å²) in [6.45, 7) is 3.55. The molecule has 8 nitrogen and oxygen atoms in total. The highest BCUT2D eigenvalue weighted by Crippen LogP contribution is 2.11. The van der Waals surface area contributed by atoms with Crippen molar-refractivity contribution >= 4 is 17.8 Å². The van der Waals surface area contributed by atoms with E-state index in [1.165, 1.54) is 51.9 Å². The van der Waals surface area contributed by atoms with Gasteiger partial charge in [-0.2, -0.15) is 0 Å². The van der Waals surface area contributed by atoms with Gasteiger partial charge in [-0.15, -0.1) is 0 Å². The van der Waals surface area contributed by atoms with Gasteiger partial charge in [0.2, 0.25) is 5.91 Å². The molecular formula is C18H37N5O3. The Morgan fingerprint density at radius 1 is 1.00 bits per heavy atom. The van der Waals surface area contributed by atoms with Gasteiger partial charge in [0, 0.05) is 6.42 Å². The predicted molar refractivity (Wildman–Crippen MR) is 104 cm³/mol. The lowest BCUT2D eigenvalue weighted by Gasteiger charge is -2.27. The van der Waals surface area contributed by atoms with E-state index >= 15 is 0 Å². The SMILES string of the molecule is CCCCCCCCCCCCC(=O)NCNC(C)(NC(=N)N)C(=O)O. The molecule has 0 aliphatic carbocycles. The highest BCUT2D eigenvalue weighted by atomic mass is 16.4. The Bertz CT molecular complexity index is 431. The quantitative estimate of drug-likeness (QED) is 0.106. The molecule has 0 aromatic heterocycles. The topological polar surface area (TPSA) is 140 Å². The largest absolute Gasteiger partial charge is 0.478 e. The number of amides is 1. The normalized spacial score (nSPS) is 13.0. The van der Waals surface area contributed by atoms with E-state index in [0.717, 1.165) is 19.3 Å². The van der Waals surface area contributed by atoms with E-state index in [-0.39, 0.29) is 12.6 Å². The summed E-state index contributed by atoms with van der Waals surface area (Å²) in [6.07, 6.45) is 12.5. The molecular weight excluding hydrogens is 334 g/mol. The van der Waals surface area contributed by atoms with Crippen molar-refractivity contribution in [1.82, 2.24) is 16.0 Å². The van der Waals surface area contributed by atoms with Crippen LogP contribution in [-0.4, -0.2) is 35.3 Å². The molecule has 0 saturated heterocycles. The lowest BCUT2D eigenvalue weighted by molar-refractivity contribution is -0.145. The summed E-state index contributed by atoms with van der Waals surface area (Å²) >= 11 is 0. The molecule has 0 saturated carbocycles. The molecule has 1 unspecified atom stereocenters. The molecule has 0 fully saturated rings. The number of nitrogens with two attached hydrogens (primary N) is 1. The fourth-order valence-corrected chi connectivity index (χ4v) is 2.62. The number of carboxylic acid groups (broad SMARTS) is 1. The molecule has 7 N–H and O–H groups in total. The summed E-state index contributed by atoms with van der Waals surface area (Å²) in [7, 11) is 0. The van der Waals surface area contributed by atoms with Crippen LogP contribution in [0.1, 0.15) is 84.5 Å². The molecule has 0 aliphatic heterocycles. The number of carbonyl (C=O) groups excluding carboxylic acids is 1. The van der Waals surface area contributed by atoms with Crippen LogP contribution in [-0.2, 0) is 9.59 Å². The van der Waals surface area contributed by atoms with Crippen LogP contribution in [0.4, 0.5) is 0 Å². The second-order valence-corrected chi connectivity index (χ2v) is 6.85. The van der Waals surface area contributed by atoms with Gasteiger partial charge < -0.3 is 21.5 Å². The fraction of sp³-hybridized carbons (Fsp3) is 0.833. The zero-order valence-corrected chi connectivity index (χ0v) is 16.3. The molecule has 152 valence electrons. The highest BCUT2D eigenvalue weighted by molar-refractivity contribution is 5.85. The third-order valence-corrected chi connectivity index (χ3v) is 4.30. The molecule has 0 bridgehead atoms. The van der Waals surface area contributed by atoms with Gasteiger partial charge >= 0.3 is 5.97 Å². The fourth-order valence-electron chi connectivity index (χ4n) is 2.62. The maximum atomic E-state index is 11.8. The first-order valence-corrected chi connectivity index (χ1v) is 9.69. The first kappa shape index (κ1) is 24.2. The van der Waals surface area contributed by atoms with E-state index in [1.807, 2.05) is 0 Å². The summed E-state index contributed by atoms with van der Waals surface area (Å²) in [5.74, 6) is -1.79. The van der Waals surface area contributed by atoms with Gasteiger partial charge in [-0.05, 0) is 13.3 Å². The van der Waals surface area contributed by atoms with Crippen LogP contribution >= 0.6 is 0 Å². The number of rotatable bonds is 16. The van der Waals surface area contributed by atoms with E-state index < -0.39 is 17.6 Å². The lowest BCUT2D eigenvalue weighted by atomic mass is 10.1. The number of guanidine groups is 1. The first-order chi connectivity index (χ1) is 12.3. The smallest absolute Gasteiger partial charge is 0.344 e. The van der Waals surface area contributed by atoms with E-state index in [1.54, 1.807) is 0 Å². The Morgan fingerprint density at radius 3 is 1.96 bits per heavy atom. The van der Waals surface area contributed by atoms with Gasteiger partial charge in [-0.3, -0.25) is 15.5 Å². The maximum absolute atomic E-state index is 11.8. The molecule has 1 atom stereocenters. The Labute approximate surface area is 157 Å². The van der Waals surface area contributed by atoms with Crippen LogP contribution in [0.15, 0.2) is 0 Å². The van der Waals surface area contributed by atoms with Crippen molar-refractivity contribution in [3.05, 3.63) is 0 Å². The number of aliphatic carboxylic acids is 1. The molecule has 0 radical (unpaired) electrons. The van der Waals surface area contributed by atoms with E-state index in [4.69, 9.17) is 16.2 Å². The minimum Gasteiger partial charge on any atom is -0.478 e. The average Bonchev–Trinajstić information content (AvgIpc) is 2.55. The minimum atomic E-state index is -1.60. The van der Waals surface area contributed by atoms with E-state index in [2.05, 4.69) is 22.9 Å². The van der Waals surface area contributed by atoms with Crippen molar-refractivity contribution in [3.8, 4) is 0 Å². The Balaban J connectivity index is 3.68. The molecule has 0 spiro atoms. The monoisotopic (exact) mass is 371 g/mol. The number of unbranched alkanes of at least 4 members (excludes halogenated alkanes) is 9. The van der Waals surface area contributed by atoms with Crippen molar-refractivity contribution in [1.29, 1.82) is 5.41 Å². The third-order valence-electron chi connectivity index (χ3n) is 4.30. The van der Waals surface area contributed by atoms with E-state index in [9.17, 15) is 9.59 Å². The Morgan fingerprint density at radius 2 is 1.50 bits per heavy atom. The van der Waals surface area contributed by atoms with Gasteiger partial charge in [0.25, 0.3) is 0 Å². The molecule has 0 aliphatic rings. The minimum absolute atomic E-state index is 0.0142. The summed E-state index contributed by atoms with van der Waals surface area (Å²) in [6, 6.07) is 0. The Kier molecular flexibility index (Phi) is 13.3. The second kappa shape index (κ2) is 14.4. The van der Waals surface area contributed by atoms with Crippen LogP contribution in [0.25, 0.3) is 0 Å². The van der Waals surface area contributed by atoms with Crippen molar-refractivity contribution in [2.75, 3.05) is 6.67 Å². The van der Waals surface area contributed by atoms with Gasteiger partial charge in [-0.25, -0.2) is 4.79 Å². The number of hydrogen-bond acceptors (Lipinski definition) is 4. The summed E-state index contributed by atoms with van der Waals surface area (Å²) in [4.78, 5) is 23.0. The average molecular weight is 372 g/mol. The number of carboxylic acids is 1. The first-order valence-electron chi connectivity index (χ1n) is 9.69. The standard InChI is InChI=1S/C18H37N5O3/c1-3-4-5-6-7-8-9-10-11-12-13-15(24)21-14-22-18(2,16(25)26)23-17(19)20/h22H,3-14H2,1-2H3,(H,21,24)(H,25,26)(H4,19,20,23). The van der Waals surface area contributed by atoms with Crippen LogP contribution in [0.5, 0.6) is 0 Å². The van der Waals surface area contributed by atoms with Crippen LogP contribution in [0, 0.1) is 5.41 Å². The van der Waals surface area contributed by atoms with Crippen molar-refractivity contribution in [2.45, 2.75) is 90.1 Å². The summed E-state index contributed by atoms with van der Waals surface area (Å²) in [5, 5.41) is 23.9. The van der Waals surface area contributed by atoms with Gasteiger partial charge in [0.05, 0.1) is 6.67 Å². The maximum Gasteiger partial charge on any atom is 0.344 e.